The van der Waals surface area contributed by atoms with Crippen LogP contribution in [0.3, 0.4) is 0 Å². The first-order valence-electron chi connectivity index (χ1n) is 15.1. The van der Waals surface area contributed by atoms with Crippen molar-refractivity contribution in [2.24, 2.45) is 0 Å². The van der Waals surface area contributed by atoms with Crippen LogP contribution in [0.15, 0.2) is 91.3 Å². The lowest BCUT2D eigenvalue weighted by Gasteiger charge is -2.29. The van der Waals surface area contributed by atoms with Crippen molar-refractivity contribution in [3.8, 4) is 22.8 Å². The van der Waals surface area contributed by atoms with E-state index in [9.17, 15) is 14.0 Å². The van der Waals surface area contributed by atoms with E-state index in [0.29, 0.717) is 43.5 Å². The molecule has 9 nitrogen and oxygen atoms in total. The van der Waals surface area contributed by atoms with Crippen LogP contribution in [0, 0.1) is 5.82 Å². The van der Waals surface area contributed by atoms with Crippen molar-refractivity contribution in [1.82, 2.24) is 25.2 Å². The highest BCUT2D eigenvalue weighted by Gasteiger charge is 2.26. The molecule has 1 saturated carbocycles. The zero-order valence-electron chi connectivity index (χ0n) is 24.7. The topological polar surface area (TPSA) is 118 Å². The Morgan fingerprint density at radius 1 is 0.889 bits per heavy atom. The van der Waals surface area contributed by atoms with Crippen molar-refractivity contribution in [2.75, 3.05) is 6.61 Å². The van der Waals surface area contributed by atoms with Gasteiger partial charge in [0.05, 0.1) is 11.7 Å². The second-order valence-corrected chi connectivity index (χ2v) is 11.3. The van der Waals surface area contributed by atoms with E-state index >= 15 is 0 Å². The van der Waals surface area contributed by atoms with E-state index in [0.717, 1.165) is 40.9 Å². The highest BCUT2D eigenvalue weighted by atomic mass is 19.1. The number of aryl methyl sites for hydroxylation is 1. The third kappa shape index (κ3) is 7.35. The molecule has 0 spiro atoms. The molecule has 3 N–H and O–H groups in total. The molecule has 2 aromatic carbocycles. The van der Waals surface area contributed by atoms with Crippen molar-refractivity contribution >= 4 is 17.3 Å². The lowest BCUT2D eigenvalue weighted by atomic mass is 9.91. The number of aliphatic hydroxyl groups is 1. The maximum atomic E-state index is 14.2. The zero-order valence-corrected chi connectivity index (χ0v) is 24.7. The van der Waals surface area contributed by atoms with Gasteiger partial charge < -0.3 is 20.5 Å². The van der Waals surface area contributed by atoms with Gasteiger partial charge in [-0.25, -0.2) is 13.9 Å². The van der Waals surface area contributed by atoms with E-state index < -0.39 is 11.7 Å². The minimum absolute atomic E-state index is 0.0101. The maximum absolute atomic E-state index is 14.2. The fraction of sp³-hybridized carbons (Fsp3) is 0.257. The molecule has 0 bridgehead atoms. The smallest absolute Gasteiger partial charge is 0.272 e. The molecule has 2 amide bonds. The molecule has 45 heavy (non-hydrogen) atoms. The Bertz CT molecular complexity index is 1760. The van der Waals surface area contributed by atoms with E-state index in [4.69, 9.17) is 9.84 Å². The van der Waals surface area contributed by atoms with Crippen LogP contribution in [0.25, 0.3) is 16.6 Å². The number of rotatable bonds is 10. The molecule has 0 radical (unpaired) electrons. The Kier molecular flexibility index (Phi) is 9.11. The van der Waals surface area contributed by atoms with E-state index in [-0.39, 0.29) is 36.0 Å². The quantitative estimate of drug-likeness (QED) is 0.187. The number of nitrogens with one attached hydrogen (secondary N) is 2. The molecule has 0 atom stereocenters. The summed E-state index contributed by atoms with van der Waals surface area (Å²) >= 11 is 0. The fourth-order valence-corrected chi connectivity index (χ4v) is 5.62. The summed E-state index contributed by atoms with van der Waals surface area (Å²) in [6.07, 6.45) is 7.02. The summed E-state index contributed by atoms with van der Waals surface area (Å²) in [6, 6.07) is 23.9. The fourth-order valence-electron chi connectivity index (χ4n) is 5.62. The van der Waals surface area contributed by atoms with Gasteiger partial charge in [0.15, 0.2) is 5.69 Å². The predicted molar refractivity (Wildman–Crippen MR) is 168 cm³/mol. The Labute approximate surface area is 260 Å². The standard InChI is InChI=1S/C35H34FN5O4/c36-26-20-31(35(37-22-26)45-30-8-3-6-25(19-30)24-11-9-23(10-12-24)5-4-18-42)33(43)38-27-13-15-28(16-14-27)39-34(44)32-21-29-7-1-2-17-41(29)40-32/h1-3,6-12,17,19-22,27-28,42H,4-5,13-16,18H2,(H,38,43)(H,39,44)/t27-,28-. The lowest BCUT2D eigenvalue weighted by molar-refractivity contribution is 0.0887. The van der Waals surface area contributed by atoms with Gasteiger partial charge in [-0.2, -0.15) is 5.10 Å². The maximum Gasteiger partial charge on any atom is 0.272 e. The number of aromatic nitrogens is 3. The van der Waals surface area contributed by atoms with Gasteiger partial charge in [-0.1, -0.05) is 42.5 Å². The Hall–Kier alpha value is -5.09. The van der Waals surface area contributed by atoms with Gasteiger partial charge in [0.25, 0.3) is 11.8 Å². The van der Waals surface area contributed by atoms with Crippen LogP contribution in [-0.2, 0) is 6.42 Å². The molecule has 1 fully saturated rings. The number of amides is 2. The zero-order chi connectivity index (χ0) is 31.2. The van der Waals surface area contributed by atoms with Crippen molar-refractivity contribution in [3.63, 3.8) is 0 Å². The van der Waals surface area contributed by atoms with Crippen molar-refractivity contribution in [1.29, 1.82) is 0 Å². The molecular weight excluding hydrogens is 573 g/mol. The molecule has 3 heterocycles. The van der Waals surface area contributed by atoms with Crippen LogP contribution in [0.5, 0.6) is 11.6 Å². The number of carbonyl (C=O) groups excluding carboxylic acids is 2. The summed E-state index contributed by atoms with van der Waals surface area (Å²) in [5.41, 5.74) is 4.27. The molecule has 230 valence electrons. The monoisotopic (exact) mass is 607 g/mol. The van der Waals surface area contributed by atoms with Crippen LogP contribution in [0.1, 0.15) is 58.5 Å². The molecular formula is C35H34FN5O4. The summed E-state index contributed by atoms with van der Waals surface area (Å²) in [4.78, 5) is 30.2. The van der Waals surface area contributed by atoms with Gasteiger partial charge >= 0.3 is 0 Å². The highest BCUT2D eigenvalue weighted by Crippen LogP contribution is 2.29. The number of pyridine rings is 2. The molecule has 6 rings (SSSR count). The van der Waals surface area contributed by atoms with E-state index in [1.54, 1.807) is 22.8 Å². The molecule has 3 aromatic heterocycles. The van der Waals surface area contributed by atoms with Crippen LogP contribution in [0.2, 0.25) is 0 Å². The number of halogens is 1. The highest BCUT2D eigenvalue weighted by molar-refractivity contribution is 5.96. The Morgan fingerprint density at radius 2 is 1.64 bits per heavy atom. The third-order valence-corrected chi connectivity index (χ3v) is 8.02. The van der Waals surface area contributed by atoms with Crippen LogP contribution < -0.4 is 15.4 Å². The molecule has 1 aliphatic carbocycles. The second-order valence-electron chi connectivity index (χ2n) is 11.3. The number of aliphatic hydroxyl groups excluding tert-OH is 1. The summed E-state index contributed by atoms with van der Waals surface area (Å²) in [5.74, 6) is -0.853. The number of fused-ring (bicyclic) bond motifs is 1. The van der Waals surface area contributed by atoms with Gasteiger partial charge in [-0.15, -0.1) is 0 Å². The number of carbonyl (C=O) groups is 2. The molecule has 0 unspecified atom stereocenters. The number of ether oxygens (including phenoxy) is 1. The van der Waals surface area contributed by atoms with Gasteiger partial charge in [-0.3, -0.25) is 9.59 Å². The summed E-state index contributed by atoms with van der Waals surface area (Å²) < 4.78 is 21.9. The third-order valence-electron chi connectivity index (χ3n) is 8.02. The first-order valence-corrected chi connectivity index (χ1v) is 15.1. The van der Waals surface area contributed by atoms with Crippen LogP contribution in [0.4, 0.5) is 4.39 Å². The normalized spacial score (nSPS) is 16.3. The first-order chi connectivity index (χ1) is 21.9. The van der Waals surface area contributed by atoms with E-state index in [1.807, 2.05) is 60.7 Å². The lowest BCUT2D eigenvalue weighted by Crippen LogP contribution is -2.44. The number of benzene rings is 2. The van der Waals surface area contributed by atoms with Crippen molar-refractivity contribution in [3.05, 3.63) is 114 Å². The second kappa shape index (κ2) is 13.7. The average molecular weight is 608 g/mol. The number of hydrogen-bond acceptors (Lipinski definition) is 6. The summed E-state index contributed by atoms with van der Waals surface area (Å²) in [7, 11) is 0. The molecule has 0 aliphatic heterocycles. The van der Waals surface area contributed by atoms with Gasteiger partial charge in [-0.05, 0) is 91.6 Å². The minimum Gasteiger partial charge on any atom is -0.438 e. The van der Waals surface area contributed by atoms with Crippen LogP contribution in [-0.4, -0.2) is 50.2 Å². The Balaban J connectivity index is 1.06. The van der Waals surface area contributed by atoms with Crippen molar-refractivity contribution < 1.29 is 23.8 Å². The van der Waals surface area contributed by atoms with Crippen LogP contribution >= 0.6 is 0 Å². The molecule has 10 heteroatoms. The summed E-state index contributed by atoms with van der Waals surface area (Å²) in [6.45, 7) is 0.158. The van der Waals surface area contributed by atoms with Crippen molar-refractivity contribution in [2.45, 2.75) is 50.6 Å². The van der Waals surface area contributed by atoms with E-state index in [2.05, 4.69) is 20.7 Å². The summed E-state index contributed by atoms with van der Waals surface area (Å²) in [5, 5.41) is 19.5. The predicted octanol–water partition coefficient (Wildman–Crippen LogP) is 5.72. The molecule has 1 aliphatic rings. The van der Waals surface area contributed by atoms with Gasteiger partial charge in [0, 0.05) is 24.9 Å². The SMILES string of the molecule is O=C(N[C@H]1CC[C@H](NC(=O)c2cc(F)cnc2Oc2cccc(-c3ccc(CCCO)cc3)c2)CC1)c1cc2ccccn2n1. The molecule has 0 saturated heterocycles. The largest absolute Gasteiger partial charge is 0.438 e. The average Bonchev–Trinajstić information content (AvgIpc) is 3.51. The number of nitrogens with zero attached hydrogens (tertiary/aromatic N) is 3. The molecule has 5 aromatic rings. The first kappa shape index (κ1) is 30.0. The van der Waals surface area contributed by atoms with Gasteiger partial charge in [0.1, 0.15) is 17.1 Å². The number of hydrogen-bond donors (Lipinski definition) is 3. The minimum atomic E-state index is -0.638. The van der Waals surface area contributed by atoms with E-state index in [1.165, 1.54) is 0 Å². The Morgan fingerprint density at radius 3 is 2.38 bits per heavy atom. The van der Waals surface area contributed by atoms with Gasteiger partial charge in [0.2, 0.25) is 5.88 Å².